The first-order valence-corrected chi connectivity index (χ1v) is 9.53. The van der Waals surface area contributed by atoms with Crippen LogP contribution in [0.4, 0.5) is 27.8 Å². The predicted octanol–water partition coefficient (Wildman–Crippen LogP) is 4.65. The van der Waals surface area contributed by atoms with Crippen molar-refractivity contribution in [2.24, 2.45) is 0 Å². The number of hydrogen-bond acceptors (Lipinski definition) is 7. The van der Waals surface area contributed by atoms with E-state index in [1.165, 1.54) is 20.5 Å². The number of nitrogens with zero attached hydrogens (tertiary/aromatic N) is 2. The predicted molar refractivity (Wildman–Crippen MR) is 118 cm³/mol. The zero-order valence-electron chi connectivity index (χ0n) is 16.5. The summed E-state index contributed by atoms with van der Waals surface area (Å²) in [4.78, 5) is 20.6. The van der Waals surface area contributed by atoms with E-state index in [0.29, 0.717) is 34.6 Å². The summed E-state index contributed by atoms with van der Waals surface area (Å²) in [5, 5.41) is 8.53. The van der Waals surface area contributed by atoms with E-state index in [1.54, 1.807) is 31.4 Å². The molecule has 0 aliphatic rings. The summed E-state index contributed by atoms with van der Waals surface area (Å²) in [5.74, 6) is 2.56. The molecule has 9 nitrogen and oxygen atoms in total. The van der Waals surface area contributed by atoms with Crippen molar-refractivity contribution in [1.29, 1.82) is 0 Å². The normalized spacial score (nSPS) is 10.1. The highest BCUT2D eigenvalue weighted by atomic mass is 79.9. The fourth-order valence-corrected chi connectivity index (χ4v) is 2.90. The lowest BCUT2D eigenvalue weighted by molar-refractivity contribution is 0.262. The third kappa shape index (κ3) is 5.51. The van der Waals surface area contributed by atoms with Crippen molar-refractivity contribution in [3.8, 4) is 17.2 Å². The summed E-state index contributed by atoms with van der Waals surface area (Å²) >= 11 is 3.40. The summed E-state index contributed by atoms with van der Waals surface area (Å²) in [7, 11) is 4.65. The van der Waals surface area contributed by atoms with Crippen LogP contribution in [0.5, 0.6) is 17.2 Å². The van der Waals surface area contributed by atoms with E-state index in [9.17, 15) is 4.79 Å². The summed E-state index contributed by atoms with van der Waals surface area (Å²) in [6.45, 7) is 0. The van der Waals surface area contributed by atoms with Crippen molar-refractivity contribution in [1.82, 2.24) is 9.97 Å². The maximum atomic E-state index is 12.4. The molecule has 0 fully saturated rings. The Bertz CT molecular complexity index is 1030. The molecule has 1 aromatic heterocycles. The number of benzene rings is 2. The van der Waals surface area contributed by atoms with E-state index in [4.69, 9.17) is 14.2 Å². The highest BCUT2D eigenvalue weighted by Gasteiger charge is 2.09. The summed E-state index contributed by atoms with van der Waals surface area (Å²) in [6.07, 6.45) is 1.35. The van der Waals surface area contributed by atoms with Crippen LogP contribution in [-0.4, -0.2) is 37.3 Å². The molecule has 0 bridgehead atoms. The molecule has 0 saturated heterocycles. The number of halogens is 1. The van der Waals surface area contributed by atoms with Gasteiger partial charge in [-0.15, -0.1) is 0 Å². The molecule has 0 saturated carbocycles. The SMILES string of the molecule is COc1cc(NC(=O)Nc2cc(Nc3ccc(Br)cc3OC)ncn2)cc(OC)c1. The number of hydrogen-bond donors (Lipinski definition) is 3. The number of amides is 2. The first-order valence-electron chi connectivity index (χ1n) is 8.74. The molecule has 2 aromatic carbocycles. The molecule has 0 radical (unpaired) electrons. The minimum Gasteiger partial charge on any atom is -0.497 e. The zero-order valence-corrected chi connectivity index (χ0v) is 18.1. The topological polar surface area (TPSA) is 107 Å². The van der Waals surface area contributed by atoms with E-state index >= 15 is 0 Å². The van der Waals surface area contributed by atoms with Gasteiger partial charge in [-0.1, -0.05) is 15.9 Å². The van der Waals surface area contributed by atoms with Gasteiger partial charge in [-0.05, 0) is 18.2 Å². The Morgan fingerprint density at radius 3 is 2.23 bits per heavy atom. The lowest BCUT2D eigenvalue weighted by Gasteiger charge is -2.12. The number of ether oxygens (including phenoxy) is 3. The molecule has 0 aliphatic carbocycles. The van der Waals surface area contributed by atoms with Crippen molar-refractivity contribution in [3.05, 3.63) is 53.3 Å². The lowest BCUT2D eigenvalue weighted by atomic mass is 10.3. The van der Waals surface area contributed by atoms with E-state index < -0.39 is 6.03 Å². The van der Waals surface area contributed by atoms with E-state index in [0.717, 1.165) is 10.2 Å². The Balaban J connectivity index is 1.70. The Morgan fingerprint density at radius 1 is 0.867 bits per heavy atom. The molecule has 156 valence electrons. The van der Waals surface area contributed by atoms with Crippen LogP contribution in [0.3, 0.4) is 0 Å². The van der Waals surface area contributed by atoms with Gasteiger partial charge < -0.3 is 24.8 Å². The van der Waals surface area contributed by atoms with Crippen molar-refractivity contribution < 1.29 is 19.0 Å². The monoisotopic (exact) mass is 473 g/mol. The van der Waals surface area contributed by atoms with Crippen LogP contribution in [0.2, 0.25) is 0 Å². The minimum absolute atomic E-state index is 0.316. The maximum Gasteiger partial charge on any atom is 0.324 e. The fourth-order valence-electron chi connectivity index (χ4n) is 2.56. The van der Waals surface area contributed by atoms with Crippen LogP contribution in [0.1, 0.15) is 0 Å². The summed E-state index contributed by atoms with van der Waals surface area (Å²) < 4.78 is 16.7. The number of methoxy groups -OCH3 is 3. The maximum absolute atomic E-state index is 12.4. The molecular formula is C20H20BrN5O4. The minimum atomic E-state index is -0.476. The average molecular weight is 474 g/mol. The average Bonchev–Trinajstić information content (AvgIpc) is 2.74. The molecule has 0 aliphatic heterocycles. The number of urea groups is 1. The van der Waals surface area contributed by atoms with Gasteiger partial charge in [0, 0.05) is 34.4 Å². The molecule has 0 atom stereocenters. The van der Waals surface area contributed by atoms with E-state index in [2.05, 4.69) is 41.8 Å². The Labute approximate surface area is 181 Å². The Morgan fingerprint density at radius 2 is 1.57 bits per heavy atom. The second-order valence-corrected chi connectivity index (χ2v) is 6.85. The van der Waals surface area contributed by atoms with Crippen molar-refractivity contribution in [3.63, 3.8) is 0 Å². The lowest BCUT2D eigenvalue weighted by Crippen LogP contribution is -2.20. The third-order valence-electron chi connectivity index (χ3n) is 3.94. The van der Waals surface area contributed by atoms with Crippen molar-refractivity contribution in [2.75, 3.05) is 37.3 Å². The van der Waals surface area contributed by atoms with Gasteiger partial charge in [0.1, 0.15) is 35.2 Å². The van der Waals surface area contributed by atoms with Crippen LogP contribution in [0.15, 0.2) is 53.3 Å². The number of rotatable bonds is 7. The molecule has 3 rings (SSSR count). The van der Waals surface area contributed by atoms with Gasteiger partial charge in [0.25, 0.3) is 0 Å². The van der Waals surface area contributed by atoms with Crippen LogP contribution < -0.4 is 30.2 Å². The van der Waals surface area contributed by atoms with Gasteiger partial charge in [0.2, 0.25) is 0 Å². The first-order chi connectivity index (χ1) is 14.5. The van der Waals surface area contributed by atoms with Crippen LogP contribution in [0.25, 0.3) is 0 Å². The molecule has 1 heterocycles. The zero-order chi connectivity index (χ0) is 21.5. The molecule has 3 aromatic rings. The molecule has 30 heavy (non-hydrogen) atoms. The fraction of sp³-hybridized carbons (Fsp3) is 0.150. The molecule has 2 amide bonds. The van der Waals surface area contributed by atoms with Crippen molar-refractivity contribution in [2.45, 2.75) is 0 Å². The van der Waals surface area contributed by atoms with E-state index in [1.807, 2.05) is 18.2 Å². The second-order valence-electron chi connectivity index (χ2n) is 5.94. The molecule has 0 spiro atoms. The summed E-state index contributed by atoms with van der Waals surface area (Å²) in [6, 6.07) is 11.7. The second kappa shape index (κ2) is 9.79. The van der Waals surface area contributed by atoms with Crippen LogP contribution in [0, 0.1) is 0 Å². The molecule has 0 unspecified atom stereocenters. The quantitative estimate of drug-likeness (QED) is 0.458. The molecular weight excluding hydrogens is 454 g/mol. The Kier molecular flexibility index (Phi) is 6.91. The van der Waals surface area contributed by atoms with E-state index in [-0.39, 0.29) is 0 Å². The van der Waals surface area contributed by atoms with Crippen molar-refractivity contribution >= 4 is 45.0 Å². The van der Waals surface area contributed by atoms with Crippen LogP contribution >= 0.6 is 15.9 Å². The third-order valence-corrected chi connectivity index (χ3v) is 4.44. The molecule has 10 heteroatoms. The molecule has 3 N–H and O–H groups in total. The van der Waals surface area contributed by atoms with Gasteiger partial charge in [-0.3, -0.25) is 5.32 Å². The first kappa shape index (κ1) is 21.2. The number of carbonyl (C=O) groups excluding carboxylic acids is 1. The number of anilines is 4. The van der Waals surface area contributed by atoms with Gasteiger partial charge in [0.15, 0.2) is 0 Å². The van der Waals surface area contributed by atoms with Gasteiger partial charge in [-0.2, -0.15) is 0 Å². The largest absolute Gasteiger partial charge is 0.497 e. The standard InChI is InChI=1S/C20H20BrN5O4/c1-28-14-7-13(8-15(9-14)29-2)24-20(27)26-19-10-18(22-11-23-19)25-16-5-4-12(21)6-17(16)30-3/h4-11H,1-3H3,(H3,22,23,24,25,26,27). The van der Waals surface area contributed by atoms with Crippen LogP contribution in [-0.2, 0) is 0 Å². The van der Waals surface area contributed by atoms with Gasteiger partial charge in [-0.25, -0.2) is 14.8 Å². The summed E-state index contributed by atoms with van der Waals surface area (Å²) in [5.41, 5.74) is 1.23. The Hall–Kier alpha value is -3.53. The van der Waals surface area contributed by atoms with Gasteiger partial charge >= 0.3 is 6.03 Å². The number of nitrogens with one attached hydrogen (secondary N) is 3. The number of carbonyl (C=O) groups is 1. The van der Waals surface area contributed by atoms with Gasteiger partial charge in [0.05, 0.1) is 27.0 Å². The highest BCUT2D eigenvalue weighted by Crippen LogP contribution is 2.30. The highest BCUT2D eigenvalue weighted by molar-refractivity contribution is 9.10. The number of aromatic nitrogens is 2. The smallest absolute Gasteiger partial charge is 0.324 e.